The molecule has 1 fully saturated rings. The first-order valence-electron chi connectivity index (χ1n) is 8.53. The number of hydrogen-bond acceptors (Lipinski definition) is 4. The minimum Gasteiger partial charge on any atom is -0.444 e. The monoisotopic (exact) mass is 327 g/mol. The molecule has 0 bridgehead atoms. The number of rotatable bonds is 4. The van der Waals surface area contributed by atoms with E-state index in [4.69, 9.17) is 10.5 Å². The van der Waals surface area contributed by atoms with Crippen LogP contribution >= 0.6 is 0 Å². The van der Waals surface area contributed by atoms with E-state index in [1.54, 1.807) is 11.9 Å². The van der Waals surface area contributed by atoms with E-state index in [-0.39, 0.29) is 30.0 Å². The molecule has 1 aliphatic rings. The Morgan fingerprint density at radius 1 is 1.17 bits per heavy atom. The minimum atomic E-state index is -0.483. The quantitative estimate of drug-likeness (QED) is 0.829. The van der Waals surface area contributed by atoms with Crippen molar-refractivity contribution in [3.05, 3.63) is 0 Å². The van der Waals surface area contributed by atoms with E-state index >= 15 is 0 Å². The Bertz CT molecular complexity index is 410. The van der Waals surface area contributed by atoms with Gasteiger partial charge in [0.15, 0.2) is 0 Å². The molecule has 1 unspecified atom stereocenters. The molecule has 1 rings (SSSR count). The number of nitrogens with zero attached hydrogens (tertiary/aromatic N) is 1. The summed E-state index contributed by atoms with van der Waals surface area (Å²) in [6.45, 7) is 9.48. The topological polar surface area (TPSA) is 84.7 Å². The summed E-state index contributed by atoms with van der Waals surface area (Å²) in [6.07, 6.45) is 3.14. The van der Waals surface area contributed by atoms with Gasteiger partial charge in [-0.15, -0.1) is 0 Å². The number of amides is 2. The van der Waals surface area contributed by atoms with Gasteiger partial charge in [-0.25, -0.2) is 4.79 Å². The molecule has 1 aliphatic carbocycles. The molecule has 0 saturated heterocycles. The normalized spacial score (nSPS) is 23.3. The van der Waals surface area contributed by atoms with Crippen LogP contribution in [0.15, 0.2) is 0 Å². The average Bonchev–Trinajstić information content (AvgIpc) is 2.44. The van der Waals surface area contributed by atoms with Crippen LogP contribution in [0.3, 0.4) is 0 Å². The van der Waals surface area contributed by atoms with Gasteiger partial charge in [0.05, 0.1) is 6.04 Å². The maximum absolute atomic E-state index is 12.1. The van der Waals surface area contributed by atoms with E-state index in [0.29, 0.717) is 0 Å². The smallest absolute Gasteiger partial charge is 0.410 e. The summed E-state index contributed by atoms with van der Waals surface area (Å²) in [5, 5.41) is 3.03. The van der Waals surface area contributed by atoms with Crippen LogP contribution in [0.1, 0.15) is 60.3 Å². The fraction of sp³-hybridized carbons (Fsp3) is 0.882. The molecular formula is C17H33N3O3. The summed E-state index contributed by atoms with van der Waals surface area (Å²) in [7, 11) is 1.78. The van der Waals surface area contributed by atoms with Crippen molar-refractivity contribution in [3.63, 3.8) is 0 Å². The summed E-state index contributed by atoms with van der Waals surface area (Å²) >= 11 is 0. The summed E-state index contributed by atoms with van der Waals surface area (Å²) < 4.78 is 5.40. The molecule has 134 valence electrons. The first-order valence-corrected chi connectivity index (χ1v) is 8.53. The standard InChI is InChI=1S/C17H33N3O3/c1-11(2)14(18)15(21)19-12-7-9-13(10-8-12)20(6)16(22)23-17(3,4)5/h11-14H,7-10,18H2,1-6H3,(H,19,21). The molecule has 23 heavy (non-hydrogen) atoms. The highest BCUT2D eigenvalue weighted by molar-refractivity contribution is 5.82. The van der Waals surface area contributed by atoms with Crippen LogP contribution in [0.2, 0.25) is 0 Å². The Kier molecular flexibility index (Phi) is 6.86. The lowest BCUT2D eigenvalue weighted by atomic mass is 9.90. The van der Waals surface area contributed by atoms with Crippen LogP contribution in [0.5, 0.6) is 0 Å². The van der Waals surface area contributed by atoms with Crippen LogP contribution in [-0.2, 0) is 9.53 Å². The van der Waals surface area contributed by atoms with Gasteiger partial charge in [0.1, 0.15) is 5.60 Å². The van der Waals surface area contributed by atoms with Crippen LogP contribution in [0.4, 0.5) is 4.79 Å². The fourth-order valence-electron chi connectivity index (χ4n) is 2.69. The second kappa shape index (κ2) is 7.99. The number of ether oxygens (including phenoxy) is 1. The zero-order valence-electron chi connectivity index (χ0n) is 15.4. The number of carbonyl (C=O) groups is 2. The van der Waals surface area contributed by atoms with Crippen molar-refractivity contribution in [1.29, 1.82) is 0 Å². The molecule has 6 nitrogen and oxygen atoms in total. The summed E-state index contributed by atoms with van der Waals surface area (Å²) in [5.74, 6) is 0.0496. The second-order valence-electron chi connectivity index (χ2n) is 7.88. The van der Waals surface area contributed by atoms with Crippen molar-refractivity contribution < 1.29 is 14.3 Å². The van der Waals surface area contributed by atoms with E-state index in [0.717, 1.165) is 25.7 Å². The Hall–Kier alpha value is -1.30. The van der Waals surface area contributed by atoms with Crippen molar-refractivity contribution in [2.45, 2.75) is 84.0 Å². The third-order valence-electron chi connectivity index (χ3n) is 4.29. The van der Waals surface area contributed by atoms with E-state index in [2.05, 4.69) is 5.32 Å². The van der Waals surface area contributed by atoms with Gasteiger partial charge in [0.25, 0.3) is 0 Å². The highest BCUT2D eigenvalue weighted by atomic mass is 16.6. The third kappa shape index (κ3) is 6.37. The minimum absolute atomic E-state index is 0.0797. The Morgan fingerprint density at radius 2 is 1.70 bits per heavy atom. The molecule has 0 aromatic heterocycles. The van der Waals surface area contributed by atoms with Crippen LogP contribution in [0.25, 0.3) is 0 Å². The molecular weight excluding hydrogens is 294 g/mol. The average molecular weight is 327 g/mol. The zero-order chi connectivity index (χ0) is 17.8. The molecule has 6 heteroatoms. The molecule has 0 aromatic carbocycles. The van der Waals surface area contributed by atoms with Gasteiger partial charge < -0.3 is 20.7 Å². The van der Waals surface area contributed by atoms with Crippen LogP contribution in [0, 0.1) is 5.92 Å². The molecule has 2 amide bonds. The van der Waals surface area contributed by atoms with Crippen LogP contribution in [-0.4, -0.2) is 47.7 Å². The summed E-state index contributed by atoms with van der Waals surface area (Å²) in [5.41, 5.74) is 5.39. The van der Waals surface area contributed by atoms with Gasteiger partial charge in [-0.1, -0.05) is 13.8 Å². The molecule has 0 spiro atoms. The number of nitrogens with two attached hydrogens (primary N) is 1. The van der Waals surface area contributed by atoms with E-state index in [1.807, 2.05) is 34.6 Å². The van der Waals surface area contributed by atoms with Gasteiger partial charge in [-0.3, -0.25) is 4.79 Å². The van der Waals surface area contributed by atoms with Crippen molar-refractivity contribution in [3.8, 4) is 0 Å². The van der Waals surface area contributed by atoms with Crippen LogP contribution < -0.4 is 11.1 Å². The lowest BCUT2D eigenvalue weighted by Crippen LogP contribution is -2.50. The number of carbonyl (C=O) groups excluding carboxylic acids is 2. The Morgan fingerprint density at radius 3 is 2.13 bits per heavy atom. The number of hydrogen-bond donors (Lipinski definition) is 2. The molecule has 1 atom stereocenters. The molecule has 3 N–H and O–H groups in total. The van der Waals surface area contributed by atoms with E-state index < -0.39 is 11.6 Å². The highest BCUT2D eigenvalue weighted by Gasteiger charge is 2.30. The second-order valence-corrected chi connectivity index (χ2v) is 7.88. The van der Waals surface area contributed by atoms with Crippen molar-refractivity contribution in [2.75, 3.05) is 7.05 Å². The molecule has 0 aliphatic heterocycles. The third-order valence-corrected chi connectivity index (χ3v) is 4.29. The van der Waals surface area contributed by atoms with Crippen molar-refractivity contribution >= 4 is 12.0 Å². The highest BCUT2D eigenvalue weighted by Crippen LogP contribution is 2.24. The predicted octanol–water partition coefficient (Wildman–Crippen LogP) is 2.26. The fourth-order valence-corrected chi connectivity index (χ4v) is 2.69. The Labute approximate surface area is 140 Å². The maximum atomic E-state index is 12.1. The van der Waals surface area contributed by atoms with Gasteiger partial charge >= 0.3 is 6.09 Å². The van der Waals surface area contributed by atoms with Gasteiger partial charge in [-0.2, -0.15) is 0 Å². The van der Waals surface area contributed by atoms with Gasteiger partial charge in [-0.05, 0) is 52.4 Å². The molecule has 0 aromatic rings. The summed E-state index contributed by atoms with van der Waals surface area (Å²) in [6, 6.07) is -0.149. The van der Waals surface area contributed by atoms with Crippen molar-refractivity contribution in [1.82, 2.24) is 10.2 Å². The maximum Gasteiger partial charge on any atom is 0.410 e. The molecule has 0 heterocycles. The molecule has 1 saturated carbocycles. The predicted molar refractivity (Wildman–Crippen MR) is 91.0 cm³/mol. The van der Waals surface area contributed by atoms with Gasteiger partial charge in [0.2, 0.25) is 5.91 Å². The lowest BCUT2D eigenvalue weighted by Gasteiger charge is -2.36. The Balaban J connectivity index is 2.43. The van der Waals surface area contributed by atoms with Crippen molar-refractivity contribution in [2.24, 2.45) is 11.7 Å². The van der Waals surface area contributed by atoms with E-state index in [9.17, 15) is 9.59 Å². The summed E-state index contributed by atoms with van der Waals surface area (Å²) in [4.78, 5) is 25.8. The first-order chi connectivity index (χ1) is 10.5. The zero-order valence-corrected chi connectivity index (χ0v) is 15.4. The van der Waals surface area contributed by atoms with Gasteiger partial charge in [0, 0.05) is 19.1 Å². The molecule has 0 radical (unpaired) electrons. The lowest BCUT2D eigenvalue weighted by molar-refractivity contribution is -0.124. The largest absolute Gasteiger partial charge is 0.444 e. The number of nitrogens with one attached hydrogen (secondary N) is 1. The van der Waals surface area contributed by atoms with E-state index in [1.165, 1.54) is 0 Å². The SMILES string of the molecule is CC(C)C(N)C(=O)NC1CCC(N(C)C(=O)OC(C)(C)C)CC1. The first kappa shape index (κ1) is 19.7.